The van der Waals surface area contributed by atoms with E-state index >= 15 is 0 Å². The summed E-state index contributed by atoms with van der Waals surface area (Å²) in [5.41, 5.74) is 1.14. The lowest BCUT2D eigenvalue weighted by molar-refractivity contribution is 0.254. The van der Waals surface area contributed by atoms with E-state index in [0.29, 0.717) is 6.73 Å². The first-order valence-electron chi connectivity index (χ1n) is 3.83. The van der Waals surface area contributed by atoms with E-state index in [9.17, 15) is 0 Å². The zero-order chi connectivity index (χ0) is 8.81. The molecule has 0 spiro atoms. The van der Waals surface area contributed by atoms with Crippen molar-refractivity contribution in [2.24, 2.45) is 0 Å². The van der Waals surface area contributed by atoms with Crippen molar-refractivity contribution in [2.75, 3.05) is 18.7 Å². The molecule has 0 N–H and O–H groups in total. The van der Waals surface area contributed by atoms with Crippen LogP contribution in [0.2, 0.25) is 0 Å². The largest absolute Gasteiger partial charge is 0.481 e. The first-order chi connectivity index (χ1) is 5.84. The summed E-state index contributed by atoms with van der Waals surface area (Å²) >= 11 is 0. The third-order valence-corrected chi connectivity index (χ3v) is 1.58. The van der Waals surface area contributed by atoms with Gasteiger partial charge in [0, 0.05) is 12.7 Å². The van der Waals surface area contributed by atoms with Crippen LogP contribution >= 0.6 is 0 Å². The number of anilines is 1. The van der Waals surface area contributed by atoms with Crippen LogP contribution in [0.4, 0.5) is 5.69 Å². The summed E-state index contributed by atoms with van der Waals surface area (Å²) in [5.74, 6) is 0. The van der Waals surface area contributed by atoms with E-state index < -0.39 is 0 Å². The Morgan fingerprint density at radius 1 is 1.42 bits per heavy atom. The standard InChI is InChI=1S/C10H13NO/c1-3-12-9-11(2)10-7-5-4-6-8-10/h3-8H,1,9H2,2H3. The van der Waals surface area contributed by atoms with Gasteiger partial charge in [-0.1, -0.05) is 24.8 Å². The predicted octanol–water partition coefficient (Wildman–Crippen LogP) is 2.24. The van der Waals surface area contributed by atoms with Crippen molar-refractivity contribution in [1.29, 1.82) is 0 Å². The SMILES string of the molecule is C=COCN(C)c1ccccc1. The highest BCUT2D eigenvalue weighted by Crippen LogP contribution is 2.09. The van der Waals surface area contributed by atoms with E-state index in [1.807, 2.05) is 42.3 Å². The van der Waals surface area contributed by atoms with E-state index in [2.05, 4.69) is 6.58 Å². The number of hydrogen-bond donors (Lipinski definition) is 0. The molecule has 12 heavy (non-hydrogen) atoms. The molecule has 0 atom stereocenters. The van der Waals surface area contributed by atoms with Gasteiger partial charge in [-0.2, -0.15) is 0 Å². The summed E-state index contributed by atoms with van der Waals surface area (Å²) in [5, 5.41) is 0. The zero-order valence-corrected chi connectivity index (χ0v) is 7.23. The predicted molar refractivity (Wildman–Crippen MR) is 51.0 cm³/mol. The van der Waals surface area contributed by atoms with Crippen molar-refractivity contribution in [2.45, 2.75) is 0 Å². The van der Waals surface area contributed by atoms with Gasteiger partial charge in [0.15, 0.2) is 6.73 Å². The van der Waals surface area contributed by atoms with E-state index in [4.69, 9.17) is 4.74 Å². The maximum atomic E-state index is 5.04. The highest BCUT2D eigenvalue weighted by Gasteiger charge is 1.96. The quantitative estimate of drug-likeness (QED) is 0.498. The van der Waals surface area contributed by atoms with Gasteiger partial charge < -0.3 is 9.64 Å². The van der Waals surface area contributed by atoms with Crippen LogP contribution in [0, 0.1) is 0 Å². The van der Waals surface area contributed by atoms with Gasteiger partial charge in [-0.3, -0.25) is 0 Å². The van der Waals surface area contributed by atoms with Gasteiger partial charge in [-0.25, -0.2) is 0 Å². The first-order valence-corrected chi connectivity index (χ1v) is 3.83. The molecule has 0 saturated carbocycles. The summed E-state index contributed by atoms with van der Waals surface area (Å²) in [6.07, 6.45) is 1.44. The van der Waals surface area contributed by atoms with E-state index in [1.54, 1.807) is 0 Å². The Morgan fingerprint density at radius 3 is 2.67 bits per heavy atom. The molecule has 0 aliphatic heterocycles. The van der Waals surface area contributed by atoms with Crippen LogP contribution in [0.15, 0.2) is 43.2 Å². The third-order valence-electron chi connectivity index (χ3n) is 1.58. The Labute approximate surface area is 73.1 Å². The Kier molecular flexibility index (Phi) is 3.20. The minimum atomic E-state index is 0.535. The van der Waals surface area contributed by atoms with Gasteiger partial charge >= 0.3 is 0 Å². The van der Waals surface area contributed by atoms with Crippen molar-refractivity contribution < 1.29 is 4.74 Å². The van der Waals surface area contributed by atoms with Gasteiger partial charge in [0.05, 0.1) is 6.26 Å². The summed E-state index contributed by atoms with van der Waals surface area (Å²) in [6.45, 7) is 4.01. The molecule has 0 radical (unpaired) electrons. The van der Waals surface area contributed by atoms with Crippen molar-refractivity contribution >= 4 is 5.69 Å². The van der Waals surface area contributed by atoms with Gasteiger partial charge in [-0.15, -0.1) is 0 Å². The minimum absolute atomic E-state index is 0.535. The fourth-order valence-electron chi connectivity index (χ4n) is 0.922. The molecule has 1 rings (SSSR count). The molecular formula is C10H13NO. The molecule has 0 amide bonds. The molecule has 1 aromatic rings. The molecule has 0 unspecified atom stereocenters. The van der Waals surface area contributed by atoms with Crippen molar-refractivity contribution in [3.05, 3.63) is 43.2 Å². The lowest BCUT2D eigenvalue weighted by Gasteiger charge is -2.17. The molecule has 0 aliphatic carbocycles. The highest BCUT2D eigenvalue weighted by atomic mass is 16.5. The molecule has 1 aromatic carbocycles. The molecule has 0 aromatic heterocycles. The second-order valence-corrected chi connectivity index (χ2v) is 2.50. The van der Waals surface area contributed by atoms with E-state index in [0.717, 1.165) is 5.69 Å². The monoisotopic (exact) mass is 163 g/mol. The highest BCUT2D eigenvalue weighted by molar-refractivity contribution is 5.44. The van der Waals surface area contributed by atoms with Crippen LogP contribution in [0.25, 0.3) is 0 Å². The number of hydrogen-bond acceptors (Lipinski definition) is 2. The van der Waals surface area contributed by atoms with Crippen LogP contribution in [-0.4, -0.2) is 13.8 Å². The molecule has 0 heterocycles. The lowest BCUT2D eigenvalue weighted by atomic mass is 10.3. The normalized spacial score (nSPS) is 9.08. The lowest BCUT2D eigenvalue weighted by Crippen LogP contribution is -2.18. The fourth-order valence-corrected chi connectivity index (χ4v) is 0.922. The van der Waals surface area contributed by atoms with E-state index in [1.165, 1.54) is 6.26 Å². The van der Waals surface area contributed by atoms with Crippen LogP contribution in [-0.2, 0) is 4.74 Å². The number of benzene rings is 1. The fraction of sp³-hybridized carbons (Fsp3) is 0.200. The third kappa shape index (κ3) is 2.31. The Morgan fingerprint density at radius 2 is 2.08 bits per heavy atom. The number of para-hydroxylation sites is 1. The Hall–Kier alpha value is -1.44. The second-order valence-electron chi connectivity index (χ2n) is 2.50. The van der Waals surface area contributed by atoms with Crippen molar-refractivity contribution in [1.82, 2.24) is 0 Å². The molecule has 0 fully saturated rings. The summed E-state index contributed by atoms with van der Waals surface area (Å²) in [7, 11) is 1.97. The van der Waals surface area contributed by atoms with Crippen LogP contribution in [0.1, 0.15) is 0 Å². The average Bonchev–Trinajstić information content (AvgIpc) is 2.15. The zero-order valence-electron chi connectivity index (χ0n) is 7.23. The van der Waals surface area contributed by atoms with Gasteiger partial charge in [0.1, 0.15) is 0 Å². The number of ether oxygens (including phenoxy) is 1. The molecule has 0 aliphatic rings. The van der Waals surface area contributed by atoms with E-state index in [-0.39, 0.29) is 0 Å². The smallest absolute Gasteiger partial charge is 0.160 e. The topological polar surface area (TPSA) is 12.5 Å². The molecule has 2 heteroatoms. The van der Waals surface area contributed by atoms with Gasteiger partial charge in [0.25, 0.3) is 0 Å². The maximum absolute atomic E-state index is 5.04. The number of rotatable bonds is 4. The molecule has 0 saturated heterocycles. The average molecular weight is 163 g/mol. The Bertz CT molecular complexity index is 233. The van der Waals surface area contributed by atoms with Crippen LogP contribution in [0.3, 0.4) is 0 Å². The first kappa shape index (κ1) is 8.65. The van der Waals surface area contributed by atoms with Crippen molar-refractivity contribution in [3.8, 4) is 0 Å². The molecule has 64 valence electrons. The molecular weight excluding hydrogens is 150 g/mol. The van der Waals surface area contributed by atoms with Crippen LogP contribution in [0.5, 0.6) is 0 Å². The Balaban J connectivity index is 2.53. The summed E-state index contributed by atoms with van der Waals surface area (Å²) in [6, 6.07) is 10.1. The molecule has 2 nitrogen and oxygen atoms in total. The minimum Gasteiger partial charge on any atom is -0.481 e. The second kappa shape index (κ2) is 4.44. The van der Waals surface area contributed by atoms with Crippen LogP contribution < -0.4 is 4.90 Å². The summed E-state index contributed by atoms with van der Waals surface area (Å²) in [4.78, 5) is 2.00. The maximum Gasteiger partial charge on any atom is 0.160 e. The number of nitrogens with zero attached hydrogens (tertiary/aromatic N) is 1. The van der Waals surface area contributed by atoms with Gasteiger partial charge in [0.2, 0.25) is 0 Å². The summed E-state index contributed by atoms with van der Waals surface area (Å²) < 4.78 is 5.04. The van der Waals surface area contributed by atoms with Gasteiger partial charge in [-0.05, 0) is 12.1 Å². The van der Waals surface area contributed by atoms with Crippen molar-refractivity contribution in [3.63, 3.8) is 0 Å². The molecule has 0 bridgehead atoms.